The third-order valence-electron chi connectivity index (χ3n) is 4.32. The molecular formula is C19H21ClNO2S+. The monoisotopic (exact) mass is 362 g/mol. The van der Waals surface area contributed by atoms with Crippen LogP contribution in [0.4, 0.5) is 5.69 Å². The van der Waals surface area contributed by atoms with Crippen LogP contribution in [0, 0.1) is 0 Å². The Morgan fingerprint density at radius 1 is 1.17 bits per heavy atom. The fourth-order valence-electron chi connectivity index (χ4n) is 3.00. The molecule has 1 aliphatic rings. The lowest BCUT2D eigenvalue weighted by Gasteiger charge is -2.36. The molecule has 2 atom stereocenters. The summed E-state index contributed by atoms with van der Waals surface area (Å²) >= 11 is 7.30. The molecule has 0 saturated heterocycles. The highest BCUT2D eigenvalue weighted by Gasteiger charge is 2.47. The van der Waals surface area contributed by atoms with Gasteiger partial charge in [-0.3, -0.25) is 0 Å². The number of fused-ring (bicyclic) bond motifs is 1. The Morgan fingerprint density at radius 3 is 2.67 bits per heavy atom. The minimum Gasteiger partial charge on any atom is -0.487 e. The zero-order chi connectivity index (χ0) is 17.2. The Kier molecular flexibility index (Phi) is 5.18. The van der Waals surface area contributed by atoms with Crippen LogP contribution < -0.4 is 8.63 Å². The molecule has 0 spiro atoms. The predicted octanol–water partition coefficient (Wildman–Crippen LogP) is 4.98. The number of ether oxygens (including phenoxy) is 1. The van der Waals surface area contributed by atoms with Gasteiger partial charge in [-0.05, 0) is 31.0 Å². The third-order valence-corrected chi connectivity index (χ3v) is 5.90. The van der Waals surface area contributed by atoms with E-state index in [0.717, 1.165) is 28.3 Å². The topological polar surface area (TPSA) is 26.3 Å². The number of hydrogen-bond acceptors (Lipinski definition) is 3. The molecule has 2 aromatic carbocycles. The smallest absolute Gasteiger partial charge is 0.337 e. The number of para-hydroxylation sites is 2. The second-order valence-corrected chi connectivity index (χ2v) is 7.70. The van der Waals surface area contributed by atoms with Crippen LogP contribution in [-0.2, 0) is 4.79 Å². The van der Waals surface area contributed by atoms with Gasteiger partial charge in [0.15, 0.2) is 11.4 Å². The van der Waals surface area contributed by atoms with Crippen LogP contribution in [0.15, 0.2) is 53.4 Å². The molecule has 24 heavy (non-hydrogen) atoms. The lowest BCUT2D eigenvalue weighted by molar-refractivity contribution is -0.126. The van der Waals surface area contributed by atoms with Gasteiger partial charge in [0.1, 0.15) is 11.9 Å². The first kappa shape index (κ1) is 17.3. The number of nitrogens with zero attached hydrogens (tertiary/aromatic N) is 1. The number of hydrogen-bond donors (Lipinski definition) is 0. The van der Waals surface area contributed by atoms with E-state index in [2.05, 4.69) is 6.07 Å². The molecule has 3 rings (SSSR count). The van der Waals surface area contributed by atoms with Crippen molar-refractivity contribution in [3.05, 3.63) is 54.1 Å². The predicted molar refractivity (Wildman–Crippen MR) is 101 cm³/mol. The third kappa shape index (κ3) is 3.06. The SMILES string of the molecule is CC1C(=O)[N+](C)(c2ccccc2OCCCCl)Sc2ccccc21. The zero-order valence-electron chi connectivity index (χ0n) is 13.9. The van der Waals surface area contributed by atoms with E-state index in [1.54, 1.807) is 11.9 Å². The fourth-order valence-corrected chi connectivity index (χ4v) is 4.49. The van der Waals surface area contributed by atoms with Gasteiger partial charge in [0.05, 0.1) is 24.5 Å². The molecule has 5 heteroatoms. The maximum atomic E-state index is 13.2. The Hall–Kier alpha value is -1.49. The molecule has 0 aliphatic carbocycles. The molecule has 3 nitrogen and oxygen atoms in total. The van der Waals surface area contributed by atoms with Crippen LogP contribution in [0.3, 0.4) is 0 Å². The van der Waals surface area contributed by atoms with Gasteiger partial charge in [0.2, 0.25) is 0 Å². The quantitative estimate of drug-likeness (QED) is 0.324. The Labute approximate surface area is 152 Å². The molecule has 1 aliphatic heterocycles. The average Bonchev–Trinajstić information content (AvgIpc) is 2.60. The van der Waals surface area contributed by atoms with Gasteiger partial charge in [-0.25, -0.2) is 4.79 Å². The highest BCUT2D eigenvalue weighted by molar-refractivity contribution is 7.99. The van der Waals surface area contributed by atoms with Crippen LogP contribution in [0.1, 0.15) is 24.8 Å². The van der Waals surface area contributed by atoms with Gasteiger partial charge in [0, 0.05) is 11.9 Å². The van der Waals surface area contributed by atoms with Crippen molar-refractivity contribution >= 4 is 35.1 Å². The molecular weight excluding hydrogens is 342 g/mol. The number of carbonyl (C=O) groups excluding carboxylic acids is 1. The molecule has 0 N–H and O–H groups in total. The van der Waals surface area contributed by atoms with E-state index in [4.69, 9.17) is 16.3 Å². The molecule has 1 amide bonds. The second-order valence-electron chi connectivity index (χ2n) is 5.97. The summed E-state index contributed by atoms with van der Waals surface area (Å²) < 4.78 is 6.05. The Bertz CT molecular complexity index is 752. The van der Waals surface area contributed by atoms with Crippen molar-refractivity contribution in [2.45, 2.75) is 24.2 Å². The van der Waals surface area contributed by atoms with Crippen molar-refractivity contribution in [3.8, 4) is 5.75 Å². The molecule has 0 saturated carbocycles. The number of halogens is 1. The van der Waals surface area contributed by atoms with Gasteiger partial charge in [-0.2, -0.15) is 3.89 Å². The van der Waals surface area contributed by atoms with Crippen LogP contribution in [0.25, 0.3) is 0 Å². The molecule has 0 radical (unpaired) electrons. The van der Waals surface area contributed by atoms with Gasteiger partial charge in [-0.15, -0.1) is 11.6 Å². The van der Waals surface area contributed by atoms with Crippen LogP contribution >= 0.6 is 23.5 Å². The summed E-state index contributed by atoms with van der Waals surface area (Å²) in [6.07, 6.45) is 0.778. The van der Waals surface area contributed by atoms with Gasteiger partial charge in [0.25, 0.3) is 0 Å². The first-order valence-electron chi connectivity index (χ1n) is 8.05. The average molecular weight is 363 g/mol. The van der Waals surface area contributed by atoms with Crippen molar-refractivity contribution in [2.75, 3.05) is 19.5 Å². The Balaban J connectivity index is 2.01. The number of alkyl halides is 1. The van der Waals surface area contributed by atoms with Crippen LogP contribution in [0.5, 0.6) is 5.75 Å². The van der Waals surface area contributed by atoms with Crippen molar-refractivity contribution < 1.29 is 9.53 Å². The summed E-state index contributed by atoms with van der Waals surface area (Å²) in [5, 5.41) is 0. The maximum Gasteiger partial charge on any atom is 0.337 e. The van der Waals surface area contributed by atoms with Crippen molar-refractivity contribution in [1.82, 2.24) is 3.89 Å². The number of amides is 1. The molecule has 0 bridgehead atoms. The first-order valence-corrected chi connectivity index (χ1v) is 9.36. The molecule has 2 unspecified atom stereocenters. The molecule has 1 heterocycles. The Morgan fingerprint density at radius 2 is 1.88 bits per heavy atom. The summed E-state index contributed by atoms with van der Waals surface area (Å²) in [7, 11) is 1.95. The first-order chi connectivity index (χ1) is 11.6. The summed E-state index contributed by atoms with van der Waals surface area (Å²) in [4.78, 5) is 14.3. The molecule has 2 aromatic rings. The molecule has 126 valence electrons. The molecule has 0 fully saturated rings. The number of quaternary nitrogens is 1. The minimum atomic E-state index is -0.150. The van der Waals surface area contributed by atoms with Gasteiger partial charge in [-0.1, -0.05) is 30.3 Å². The van der Waals surface area contributed by atoms with Crippen molar-refractivity contribution in [3.63, 3.8) is 0 Å². The maximum absolute atomic E-state index is 13.2. The van der Waals surface area contributed by atoms with E-state index in [-0.39, 0.29) is 15.7 Å². The largest absolute Gasteiger partial charge is 0.487 e. The fraction of sp³-hybridized carbons (Fsp3) is 0.316. The zero-order valence-corrected chi connectivity index (χ0v) is 15.4. The standard InChI is InChI=1S/C19H21ClNO2S/c1-14-15-8-3-6-11-18(15)24-21(2,19(14)22)16-9-4-5-10-17(16)23-13-7-12-20/h3-6,8-11,14H,7,12-13H2,1-2H3/q+1. The van der Waals surface area contributed by atoms with Crippen molar-refractivity contribution in [1.29, 1.82) is 0 Å². The van der Waals surface area contributed by atoms with Crippen molar-refractivity contribution in [2.24, 2.45) is 0 Å². The van der Waals surface area contributed by atoms with E-state index >= 15 is 0 Å². The minimum absolute atomic E-state index is 0.148. The van der Waals surface area contributed by atoms with E-state index in [1.807, 2.05) is 56.4 Å². The summed E-state index contributed by atoms with van der Waals surface area (Å²) in [5.74, 6) is 1.32. The lowest BCUT2D eigenvalue weighted by Crippen LogP contribution is -2.48. The summed E-state index contributed by atoms with van der Waals surface area (Å²) in [6.45, 7) is 2.53. The normalized spacial score (nSPS) is 23.0. The van der Waals surface area contributed by atoms with E-state index in [9.17, 15) is 4.79 Å². The lowest BCUT2D eigenvalue weighted by atomic mass is 9.99. The van der Waals surface area contributed by atoms with Crippen LogP contribution in [-0.4, -0.2) is 25.4 Å². The van der Waals surface area contributed by atoms with Gasteiger partial charge < -0.3 is 4.74 Å². The number of rotatable bonds is 5. The molecule has 0 aromatic heterocycles. The summed E-state index contributed by atoms with van der Waals surface area (Å²) in [5.41, 5.74) is 1.98. The summed E-state index contributed by atoms with van der Waals surface area (Å²) in [6, 6.07) is 15.9. The highest BCUT2D eigenvalue weighted by atomic mass is 35.5. The van der Waals surface area contributed by atoms with Crippen LogP contribution in [0.2, 0.25) is 0 Å². The number of benzene rings is 2. The van der Waals surface area contributed by atoms with E-state index in [0.29, 0.717) is 12.5 Å². The highest BCUT2D eigenvalue weighted by Crippen LogP contribution is 2.48. The van der Waals surface area contributed by atoms with E-state index in [1.165, 1.54) is 0 Å². The number of likely N-dealkylation sites (N-methyl/N-ethyl adjacent to an activating group) is 1. The van der Waals surface area contributed by atoms with Gasteiger partial charge >= 0.3 is 5.91 Å². The second kappa shape index (κ2) is 7.18. The van der Waals surface area contributed by atoms with E-state index < -0.39 is 0 Å². The number of carbonyl (C=O) groups is 1.